The number of rotatable bonds is 6. The lowest BCUT2D eigenvalue weighted by atomic mass is 10.1. The minimum Gasteiger partial charge on any atom is -0.237 e. The number of benzene rings is 1. The highest BCUT2D eigenvalue weighted by atomic mass is 17.2. The number of hydrogen-bond acceptors (Lipinski definition) is 2. The molecule has 0 spiro atoms. The molecule has 1 rings (SSSR count). The quantitative estimate of drug-likeness (QED) is 0.402. The monoisotopic (exact) mass is 204 g/mol. The molecule has 0 aliphatic carbocycles. The summed E-state index contributed by atoms with van der Waals surface area (Å²) in [6.07, 6.45) is 5.73. The third kappa shape index (κ3) is 4.58. The Morgan fingerprint density at radius 2 is 1.80 bits per heavy atom. The molecular formula is C13H16O2. The summed E-state index contributed by atoms with van der Waals surface area (Å²) in [6, 6.07) is 8.12. The van der Waals surface area contributed by atoms with E-state index in [0.29, 0.717) is 13.2 Å². The molecule has 0 aliphatic rings. The maximum atomic E-state index is 4.85. The Hall–Kier alpha value is -1.38. The molecule has 0 bridgehead atoms. The molecule has 80 valence electrons. The van der Waals surface area contributed by atoms with E-state index in [-0.39, 0.29) is 0 Å². The van der Waals surface area contributed by atoms with Gasteiger partial charge in [-0.25, -0.2) is 9.78 Å². The lowest BCUT2D eigenvalue weighted by molar-refractivity contribution is -0.282. The molecule has 0 radical (unpaired) electrons. The molecule has 0 aromatic heterocycles. The third-order valence-corrected chi connectivity index (χ3v) is 1.85. The summed E-state index contributed by atoms with van der Waals surface area (Å²) in [4.78, 5) is 9.59. The normalized spacial score (nSPS) is 10.7. The average Bonchev–Trinajstić information content (AvgIpc) is 2.30. The second-order valence-electron chi connectivity index (χ2n) is 2.96. The molecule has 1 aromatic carbocycles. The van der Waals surface area contributed by atoms with Crippen LogP contribution in [0.15, 0.2) is 36.9 Å². The van der Waals surface area contributed by atoms with Gasteiger partial charge in [-0.3, -0.25) is 0 Å². The Morgan fingerprint density at radius 1 is 1.13 bits per heavy atom. The fourth-order valence-corrected chi connectivity index (χ4v) is 1.10. The zero-order valence-electron chi connectivity index (χ0n) is 8.98. The zero-order chi connectivity index (χ0) is 10.9. The van der Waals surface area contributed by atoms with Crippen LogP contribution >= 0.6 is 0 Å². The van der Waals surface area contributed by atoms with Gasteiger partial charge in [0.15, 0.2) is 0 Å². The Bertz CT molecular complexity index is 312. The second-order valence-corrected chi connectivity index (χ2v) is 2.96. The van der Waals surface area contributed by atoms with Crippen LogP contribution in [0, 0.1) is 0 Å². The molecule has 0 unspecified atom stereocenters. The summed E-state index contributed by atoms with van der Waals surface area (Å²) < 4.78 is 0. The lowest BCUT2D eigenvalue weighted by Crippen LogP contribution is -1.92. The molecule has 0 aliphatic heterocycles. The van der Waals surface area contributed by atoms with Crippen LogP contribution in [0.25, 0.3) is 12.2 Å². The van der Waals surface area contributed by atoms with Crippen molar-refractivity contribution in [3.05, 3.63) is 48.0 Å². The van der Waals surface area contributed by atoms with E-state index in [1.165, 1.54) is 0 Å². The first-order chi connectivity index (χ1) is 7.36. The van der Waals surface area contributed by atoms with E-state index in [2.05, 4.69) is 6.58 Å². The molecule has 0 saturated heterocycles. The van der Waals surface area contributed by atoms with Crippen molar-refractivity contribution in [1.29, 1.82) is 0 Å². The van der Waals surface area contributed by atoms with Crippen LogP contribution in [-0.4, -0.2) is 13.2 Å². The zero-order valence-corrected chi connectivity index (χ0v) is 8.98. The highest BCUT2D eigenvalue weighted by Crippen LogP contribution is 2.06. The van der Waals surface area contributed by atoms with Gasteiger partial charge in [-0.2, -0.15) is 0 Å². The van der Waals surface area contributed by atoms with Crippen molar-refractivity contribution in [2.24, 2.45) is 0 Å². The minimum atomic E-state index is 0.469. The summed E-state index contributed by atoms with van der Waals surface area (Å²) in [7, 11) is 0. The van der Waals surface area contributed by atoms with E-state index in [4.69, 9.17) is 9.78 Å². The van der Waals surface area contributed by atoms with E-state index in [9.17, 15) is 0 Å². The van der Waals surface area contributed by atoms with Crippen LogP contribution in [0.1, 0.15) is 18.1 Å². The summed E-state index contributed by atoms with van der Waals surface area (Å²) in [6.45, 7) is 6.63. The first-order valence-electron chi connectivity index (χ1n) is 5.00. The summed E-state index contributed by atoms with van der Waals surface area (Å²) in [5.74, 6) is 0. The molecule has 15 heavy (non-hydrogen) atoms. The van der Waals surface area contributed by atoms with Gasteiger partial charge in [0.1, 0.15) is 6.61 Å². The standard InChI is InChI=1S/C13H16O2/c1-3-12-7-9-13(10-8-12)6-5-11-15-14-4-2/h3,5-10H,1,4,11H2,2H3/b6-5-. The molecule has 2 heteroatoms. The molecule has 0 fully saturated rings. The molecular weight excluding hydrogens is 188 g/mol. The van der Waals surface area contributed by atoms with Gasteiger partial charge in [0, 0.05) is 0 Å². The highest BCUT2D eigenvalue weighted by molar-refractivity contribution is 5.54. The van der Waals surface area contributed by atoms with Crippen LogP contribution in [-0.2, 0) is 9.78 Å². The van der Waals surface area contributed by atoms with Gasteiger partial charge >= 0.3 is 0 Å². The molecule has 0 heterocycles. The fourth-order valence-electron chi connectivity index (χ4n) is 1.10. The Balaban J connectivity index is 2.39. The van der Waals surface area contributed by atoms with Gasteiger partial charge in [0.2, 0.25) is 0 Å². The molecule has 0 N–H and O–H groups in total. The Morgan fingerprint density at radius 3 is 2.40 bits per heavy atom. The van der Waals surface area contributed by atoms with Crippen molar-refractivity contribution in [2.45, 2.75) is 6.92 Å². The maximum absolute atomic E-state index is 4.85. The predicted molar refractivity (Wildman–Crippen MR) is 63.1 cm³/mol. The van der Waals surface area contributed by atoms with Crippen molar-refractivity contribution < 1.29 is 9.78 Å². The van der Waals surface area contributed by atoms with Crippen molar-refractivity contribution in [3.63, 3.8) is 0 Å². The lowest BCUT2D eigenvalue weighted by Gasteiger charge is -1.97. The van der Waals surface area contributed by atoms with Crippen LogP contribution in [0.2, 0.25) is 0 Å². The van der Waals surface area contributed by atoms with Gasteiger partial charge in [-0.15, -0.1) is 0 Å². The van der Waals surface area contributed by atoms with Gasteiger partial charge in [0.05, 0.1) is 6.61 Å². The topological polar surface area (TPSA) is 18.5 Å². The third-order valence-electron chi connectivity index (χ3n) is 1.85. The van der Waals surface area contributed by atoms with Gasteiger partial charge in [-0.1, -0.05) is 49.1 Å². The molecule has 0 saturated carbocycles. The van der Waals surface area contributed by atoms with Gasteiger partial charge in [0.25, 0.3) is 0 Å². The fraction of sp³-hybridized carbons (Fsp3) is 0.231. The van der Waals surface area contributed by atoms with E-state index in [0.717, 1.165) is 11.1 Å². The first-order valence-corrected chi connectivity index (χ1v) is 5.00. The maximum Gasteiger partial charge on any atom is 0.101 e. The first kappa shape index (κ1) is 11.7. The van der Waals surface area contributed by atoms with Crippen LogP contribution < -0.4 is 0 Å². The van der Waals surface area contributed by atoms with E-state index >= 15 is 0 Å². The number of hydrogen-bond donors (Lipinski definition) is 0. The smallest absolute Gasteiger partial charge is 0.101 e. The predicted octanol–water partition coefficient (Wildman–Crippen LogP) is 3.31. The van der Waals surface area contributed by atoms with Crippen LogP contribution in [0.4, 0.5) is 0 Å². The SMILES string of the molecule is C=Cc1ccc(/C=C\COOCC)cc1. The molecule has 0 amide bonds. The summed E-state index contributed by atoms with van der Waals surface area (Å²) in [5, 5.41) is 0. The van der Waals surface area contributed by atoms with E-state index in [1.54, 1.807) is 0 Å². The van der Waals surface area contributed by atoms with Gasteiger partial charge in [-0.05, 0) is 18.1 Å². The van der Waals surface area contributed by atoms with Crippen molar-refractivity contribution >= 4 is 12.2 Å². The van der Waals surface area contributed by atoms with E-state index in [1.807, 2.05) is 49.4 Å². The minimum absolute atomic E-state index is 0.469. The van der Waals surface area contributed by atoms with Gasteiger partial charge < -0.3 is 0 Å². The van der Waals surface area contributed by atoms with Crippen LogP contribution in [0.3, 0.4) is 0 Å². The Labute approximate surface area is 90.8 Å². The average molecular weight is 204 g/mol. The van der Waals surface area contributed by atoms with Crippen molar-refractivity contribution in [1.82, 2.24) is 0 Å². The summed E-state index contributed by atoms with van der Waals surface area (Å²) >= 11 is 0. The summed E-state index contributed by atoms with van der Waals surface area (Å²) in [5.41, 5.74) is 2.26. The molecule has 2 nitrogen and oxygen atoms in total. The van der Waals surface area contributed by atoms with Crippen molar-refractivity contribution in [2.75, 3.05) is 13.2 Å². The highest BCUT2D eigenvalue weighted by Gasteiger charge is 1.87. The largest absolute Gasteiger partial charge is 0.237 e. The second kappa shape index (κ2) is 6.98. The molecule has 0 atom stereocenters. The van der Waals surface area contributed by atoms with Crippen molar-refractivity contribution in [3.8, 4) is 0 Å². The molecule has 1 aromatic rings. The van der Waals surface area contributed by atoms with Crippen LogP contribution in [0.5, 0.6) is 0 Å². The van der Waals surface area contributed by atoms with E-state index < -0.39 is 0 Å². The Kier molecular flexibility index (Phi) is 5.44.